The van der Waals surface area contributed by atoms with Gasteiger partial charge in [-0.15, -0.1) is 10.2 Å². The summed E-state index contributed by atoms with van der Waals surface area (Å²) in [5.74, 6) is -0.328. The van der Waals surface area contributed by atoms with Gasteiger partial charge in [-0.05, 0) is 25.1 Å². The number of fused-ring (bicyclic) bond motifs is 3. The molecular weight excluding hydrogens is 376 g/mol. The summed E-state index contributed by atoms with van der Waals surface area (Å²) in [4.78, 5) is 26.4. The van der Waals surface area contributed by atoms with Crippen LogP contribution < -0.4 is 5.56 Å². The Hall–Kier alpha value is -4.52. The first-order valence-electron chi connectivity index (χ1n) is 8.37. The van der Waals surface area contributed by atoms with Gasteiger partial charge in [-0.1, -0.05) is 12.1 Å². The van der Waals surface area contributed by atoms with E-state index in [1.807, 2.05) is 0 Å². The Morgan fingerprint density at radius 3 is 2.72 bits per heavy atom. The van der Waals surface area contributed by atoms with E-state index in [4.69, 9.17) is 0 Å². The number of hydrogen-bond acceptors (Lipinski definition) is 7. The standard InChI is InChI=1S/C19H12N6O4/c1-10-12(9-20)18-21-13-4-2-3-5-15(13)24(18)19(27)17(10)23-22-14-8-11(25(28)29)6-7-16(14)26/h2-8,21,26H,1H3. The molecule has 0 spiro atoms. The van der Waals surface area contributed by atoms with Crippen LogP contribution in [0.5, 0.6) is 5.75 Å². The lowest BCUT2D eigenvalue weighted by atomic mass is 10.1. The van der Waals surface area contributed by atoms with E-state index in [0.29, 0.717) is 22.2 Å². The van der Waals surface area contributed by atoms with Crippen molar-refractivity contribution in [2.24, 2.45) is 10.2 Å². The summed E-state index contributed by atoms with van der Waals surface area (Å²) in [5, 5.41) is 38.2. The van der Waals surface area contributed by atoms with Crippen LogP contribution in [0, 0.1) is 28.4 Å². The minimum atomic E-state index is -0.635. The second-order valence-electron chi connectivity index (χ2n) is 6.22. The third kappa shape index (κ3) is 2.78. The van der Waals surface area contributed by atoms with Crippen LogP contribution in [0.3, 0.4) is 0 Å². The van der Waals surface area contributed by atoms with Crippen molar-refractivity contribution in [2.45, 2.75) is 6.92 Å². The van der Waals surface area contributed by atoms with Gasteiger partial charge >= 0.3 is 0 Å². The number of nitrogens with zero attached hydrogens (tertiary/aromatic N) is 5. The molecule has 2 N–H and O–H groups in total. The van der Waals surface area contributed by atoms with Crippen LogP contribution in [-0.2, 0) is 0 Å². The van der Waals surface area contributed by atoms with E-state index < -0.39 is 10.5 Å². The number of aromatic nitrogens is 2. The number of non-ortho nitro benzene ring substituents is 1. The van der Waals surface area contributed by atoms with Crippen molar-refractivity contribution in [1.82, 2.24) is 9.38 Å². The summed E-state index contributed by atoms with van der Waals surface area (Å²) >= 11 is 0. The maximum absolute atomic E-state index is 13.1. The van der Waals surface area contributed by atoms with Gasteiger partial charge in [0.1, 0.15) is 23.2 Å². The molecule has 0 saturated carbocycles. The minimum Gasteiger partial charge on any atom is -0.506 e. The molecule has 2 aromatic heterocycles. The average molecular weight is 388 g/mol. The van der Waals surface area contributed by atoms with Gasteiger partial charge in [0, 0.05) is 17.7 Å². The highest BCUT2D eigenvalue weighted by atomic mass is 16.6. The summed E-state index contributed by atoms with van der Waals surface area (Å²) in [5.41, 5.74) is 1.04. The number of nitro groups is 1. The summed E-state index contributed by atoms with van der Waals surface area (Å²) < 4.78 is 1.34. The van der Waals surface area contributed by atoms with Gasteiger partial charge in [-0.3, -0.25) is 19.3 Å². The highest BCUT2D eigenvalue weighted by molar-refractivity contribution is 5.84. The number of azo groups is 1. The van der Waals surface area contributed by atoms with E-state index >= 15 is 0 Å². The molecule has 0 aliphatic rings. The lowest BCUT2D eigenvalue weighted by Gasteiger charge is -2.05. The van der Waals surface area contributed by atoms with E-state index in [0.717, 1.165) is 18.2 Å². The highest BCUT2D eigenvalue weighted by Crippen LogP contribution is 2.32. The smallest absolute Gasteiger partial charge is 0.284 e. The predicted octanol–water partition coefficient (Wildman–Crippen LogP) is 3.99. The first-order chi connectivity index (χ1) is 13.9. The maximum Gasteiger partial charge on any atom is 0.284 e. The van der Waals surface area contributed by atoms with Crippen LogP contribution in [0.25, 0.3) is 16.7 Å². The molecule has 10 heteroatoms. The fourth-order valence-corrected chi connectivity index (χ4v) is 3.09. The number of nitrogens with one attached hydrogen (secondary N) is 1. The number of phenolic OH excluding ortho intramolecular Hbond substituents is 1. The Balaban J connectivity index is 1.98. The largest absolute Gasteiger partial charge is 0.506 e. The van der Waals surface area contributed by atoms with Crippen LogP contribution >= 0.6 is 0 Å². The molecular formula is C19H12N6O4. The average Bonchev–Trinajstić information content (AvgIpc) is 3.08. The minimum absolute atomic E-state index is 0.102. The maximum atomic E-state index is 13.1. The number of hydrogen-bond donors (Lipinski definition) is 2. The number of phenols is 1. The Labute approximate surface area is 162 Å². The van der Waals surface area contributed by atoms with Crippen molar-refractivity contribution in [3.05, 3.63) is 74.1 Å². The van der Waals surface area contributed by atoms with Gasteiger partial charge < -0.3 is 10.1 Å². The van der Waals surface area contributed by atoms with Gasteiger partial charge in [0.2, 0.25) is 0 Å². The van der Waals surface area contributed by atoms with E-state index in [-0.39, 0.29) is 28.4 Å². The third-order valence-corrected chi connectivity index (χ3v) is 4.53. The topological polar surface area (TPSA) is 149 Å². The van der Waals surface area contributed by atoms with Gasteiger partial charge in [0.15, 0.2) is 5.69 Å². The highest BCUT2D eigenvalue weighted by Gasteiger charge is 2.19. The molecule has 0 unspecified atom stereocenters. The monoisotopic (exact) mass is 388 g/mol. The number of benzene rings is 2. The molecule has 0 saturated heterocycles. The van der Waals surface area contributed by atoms with Crippen molar-refractivity contribution >= 4 is 33.7 Å². The van der Waals surface area contributed by atoms with Crippen LogP contribution in [0.4, 0.5) is 17.1 Å². The van der Waals surface area contributed by atoms with Gasteiger partial charge in [-0.2, -0.15) is 5.26 Å². The SMILES string of the molecule is Cc1c(N=Nc2cc([N+](=O)[O-])ccc2O)c(=O)n2c([nH]c3ccccc32)c1C#N. The molecule has 0 amide bonds. The molecule has 0 aliphatic heterocycles. The number of H-pyrrole nitrogens is 1. The third-order valence-electron chi connectivity index (χ3n) is 4.53. The second-order valence-corrected chi connectivity index (χ2v) is 6.22. The molecule has 4 rings (SSSR count). The zero-order valence-electron chi connectivity index (χ0n) is 14.9. The molecule has 10 nitrogen and oxygen atoms in total. The predicted molar refractivity (Wildman–Crippen MR) is 104 cm³/mol. The summed E-state index contributed by atoms with van der Waals surface area (Å²) in [6, 6.07) is 12.4. The van der Waals surface area contributed by atoms with Crippen LogP contribution in [0.15, 0.2) is 57.5 Å². The van der Waals surface area contributed by atoms with E-state index in [9.17, 15) is 25.3 Å². The summed E-state index contributed by atoms with van der Waals surface area (Å²) in [7, 11) is 0. The zero-order chi connectivity index (χ0) is 20.7. The van der Waals surface area contributed by atoms with Crippen molar-refractivity contribution in [3.8, 4) is 11.8 Å². The molecule has 0 bridgehead atoms. The summed E-state index contributed by atoms with van der Waals surface area (Å²) in [6.07, 6.45) is 0. The van der Waals surface area contributed by atoms with Crippen LogP contribution in [-0.4, -0.2) is 19.4 Å². The number of aromatic hydroxyl groups is 1. The quantitative estimate of drug-likeness (QED) is 0.309. The van der Waals surface area contributed by atoms with E-state index in [1.165, 1.54) is 4.40 Å². The van der Waals surface area contributed by atoms with E-state index in [2.05, 4.69) is 21.3 Å². The van der Waals surface area contributed by atoms with E-state index in [1.54, 1.807) is 31.2 Å². The number of imidazole rings is 1. The molecule has 142 valence electrons. The number of para-hydroxylation sites is 2. The molecule has 0 aliphatic carbocycles. The van der Waals surface area contributed by atoms with Crippen molar-refractivity contribution in [3.63, 3.8) is 0 Å². The van der Waals surface area contributed by atoms with Crippen molar-refractivity contribution < 1.29 is 10.0 Å². The molecule has 2 heterocycles. The van der Waals surface area contributed by atoms with Gasteiger partial charge in [-0.25, -0.2) is 0 Å². The lowest BCUT2D eigenvalue weighted by Crippen LogP contribution is -2.14. The number of nitriles is 1. The van der Waals surface area contributed by atoms with Crippen LogP contribution in [0.1, 0.15) is 11.1 Å². The molecule has 0 fully saturated rings. The normalized spacial score (nSPS) is 11.3. The van der Waals surface area contributed by atoms with Crippen molar-refractivity contribution in [1.29, 1.82) is 5.26 Å². The zero-order valence-corrected chi connectivity index (χ0v) is 14.9. The van der Waals surface area contributed by atoms with Crippen molar-refractivity contribution in [2.75, 3.05) is 0 Å². The molecule has 2 aromatic carbocycles. The Kier molecular flexibility index (Phi) is 4.05. The summed E-state index contributed by atoms with van der Waals surface area (Å²) in [6.45, 7) is 1.56. The lowest BCUT2D eigenvalue weighted by molar-refractivity contribution is -0.384. The number of aromatic amines is 1. The van der Waals surface area contributed by atoms with Gasteiger partial charge in [0.25, 0.3) is 11.2 Å². The Morgan fingerprint density at radius 2 is 2.00 bits per heavy atom. The molecule has 0 atom stereocenters. The molecule has 4 aromatic rings. The van der Waals surface area contributed by atoms with Gasteiger partial charge in [0.05, 0.1) is 21.5 Å². The fraction of sp³-hybridized carbons (Fsp3) is 0.0526. The molecule has 29 heavy (non-hydrogen) atoms. The molecule has 0 radical (unpaired) electrons. The Bertz CT molecular complexity index is 1440. The number of pyridine rings is 1. The van der Waals surface area contributed by atoms with Crippen LogP contribution in [0.2, 0.25) is 0 Å². The number of nitro benzene ring substituents is 1. The Morgan fingerprint density at radius 1 is 1.24 bits per heavy atom. The second kappa shape index (κ2) is 6.58. The number of rotatable bonds is 3. The first kappa shape index (κ1) is 17.9. The first-order valence-corrected chi connectivity index (χ1v) is 8.37. The fourth-order valence-electron chi connectivity index (χ4n) is 3.09.